The molecule has 3 rings (SSSR count). The van der Waals surface area contributed by atoms with E-state index < -0.39 is 9.84 Å². The quantitative estimate of drug-likeness (QED) is 0.597. The van der Waals surface area contributed by atoms with Crippen molar-refractivity contribution in [2.45, 2.75) is 51.2 Å². The maximum Gasteiger partial charge on any atom is 0.239 e. The summed E-state index contributed by atoms with van der Waals surface area (Å²) in [5, 5.41) is 7.41. The van der Waals surface area contributed by atoms with Crippen LogP contribution in [0.15, 0.2) is 24.5 Å². The summed E-state index contributed by atoms with van der Waals surface area (Å²) >= 11 is 6.09. The number of nitrogens with one attached hydrogen (secondary N) is 2. The van der Waals surface area contributed by atoms with Gasteiger partial charge in [0.15, 0.2) is 0 Å². The Kier molecular flexibility index (Phi) is 7.95. The maximum atomic E-state index is 12.7. The van der Waals surface area contributed by atoms with Gasteiger partial charge >= 0.3 is 0 Å². The first-order valence-electron chi connectivity index (χ1n) is 10.9. The number of sulfone groups is 1. The van der Waals surface area contributed by atoms with Gasteiger partial charge in [0.1, 0.15) is 22.0 Å². The van der Waals surface area contributed by atoms with E-state index in [-0.39, 0.29) is 30.2 Å². The largest absolute Gasteiger partial charge is 0.360 e. The third-order valence-corrected chi connectivity index (χ3v) is 7.49. The lowest BCUT2D eigenvalue weighted by Gasteiger charge is -2.41. The molecule has 2 aromatic rings. The first kappa shape index (κ1) is 24.7. The minimum absolute atomic E-state index is 0.0239. The van der Waals surface area contributed by atoms with Crippen LogP contribution in [-0.2, 0) is 14.6 Å². The summed E-state index contributed by atoms with van der Waals surface area (Å²) in [5.41, 5.74) is 0.730. The number of nitrogens with zero attached hydrogens (tertiary/aromatic N) is 3. The van der Waals surface area contributed by atoms with Gasteiger partial charge in [-0.2, -0.15) is 0 Å². The average molecular weight is 482 g/mol. The van der Waals surface area contributed by atoms with Crippen LogP contribution in [0, 0.1) is 5.92 Å². The molecule has 1 aliphatic carbocycles. The third kappa shape index (κ3) is 6.52. The zero-order valence-corrected chi connectivity index (χ0v) is 20.6. The van der Waals surface area contributed by atoms with Gasteiger partial charge in [-0.3, -0.25) is 4.79 Å². The molecule has 176 valence electrons. The molecule has 1 fully saturated rings. The lowest BCUT2D eigenvalue weighted by Crippen LogP contribution is -2.51. The van der Waals surface area contributed by atoms with Crippen molar-refractivity contribution >= 4 is 44.1 Å². The van der Waals surface area contributed by atoms with Gasteiger partial charge in [-0.1, -0.05) is 11.6 Å². The van der Waals surface area contributed by atoms with Crippen LogP contribution in [0.4, 0.5) is 5.82 Å². The first-order chi connectivity index (χ1) is 15.0. The predicted molar refractivity (Wildman–Crippen MR) is 129 cm³/mol. The lowest BCUT2D eigenvalue weighted by atomic mass is 9.81. The van der Waals surface area contributed by atoms with Gasteiger partial charge in [0.05, 0.1) is 17.8 Å². The van der Waals surface area contributed by atoms with Gasteiger partial charge in [0, 0.05) is 34.8 Å². The van der Waals surface area contributed by atoms with Gasteiger partial charge in [-0.05, 0) is 64.3 Å². The van der Waals surface area contributed by atoms with Crippen LogP contribution in [-0.4, -0.2) is 72.9 Å². The highest BCUT2D eigenvalue weighted by molar-refractivity contribution is 7.90. The molecule has 0 unspecified atom stereocenters. The standard InChI is InChI=1S/C22H32ClN5O3S/c1-14(2)28(3)17-6-8-19(15(9-17)12-32(4,30)31)27-21(29)11-24-22-18-10-16(23)5-7-20(18)25-13-26-22/h5,7,10,13-15,17,19H,6,8-9,11-12H2,1-4H3,(H,27,29)(H,24,25,26)/t15-,17-,19+/m1/s1. The number of halogens is 1. The summed E-state index contributed by atoms with van der Waals surface area (Å²) in [6.07, 6.45) is 5.11. The minimum Gasteiger partial charge on any atom is -0.360 e. The van der Waals surface area contributed by atoms with E-state index in [9.17, 15) is 13.2 Å². The molecule has 0 saturated heterocycles. The zero-order chi connectivity index (χ0) is 23.5. The number of fused-ring (bicyclic) bond motifs is 1. The van der Waals surface area contributed by atoms with E-state index in [1.54, 1.807) is 18.2 Å². The van der Waals surface area contributed by atoms with Crippen molar-refractivity contribution in [2.24, 2.45) is 5.92 Å². The highest BCUT2D eigenvalue weighted by atomic mass is 35.5. The number of hydrogen-bond donors (Lipinski definition) is 2. The molecule has 1 aliphatic rings. The molecule has 8 nitrogen and oxygen atoms in total. The second-order valence-corrected chi connectivity index (χ2v) is 11.6. The summed E-state index contributed by atoms with van der Waals surface area (Å²) in [5.74, 6) is 0.288. The second-order valence-electron chi connectivity index (χ2n) is 8.99. The van der Waals surface area contributed by atoms with E-state index in [0.29, 0.717) is 22.9 Å². The maximum absolute atomic E-state index is 12.7. The van der Waals surface area contributed by atoms with Crippen molar-refractivity contribution < 1.29 is 13.2 Å². The molecule has 1 heterocycles. The molecule has 0 aliphatic heterocycles. The fraction of sp³-hybridized carbons (Fsp3) is 0.591. The summed E-state index contributed by atoms with van der Waals surface area (Å²) < 4.78 is 24.1. The van der Waals surface area contributed by atoms with E-state index in [0.717, 1.165) is 30.2 Å². The molecule has 1 saturated carbocycles. The van der Waals surface area contributed by atoms with Crippen LogP contribution in [0.2, 0.25) is 5.02 Å². The molecule has 32 heavy (non-hydrogen) atoms. The fourth-order valence-electron chi connectivity index (χ4n) is 4.39. The van der Waals surface area contributed by atoms with Crippen molar-refractivity contribution in [3.63, 3.8) is 0 Å². The number of carbonyl (C=O) groups is 1. The van der Waals surface area contributed by atoms with Crippen LogP contribution >= 0.6 is 11.6 Å². The van der Waals surface area contributed by atoms with E-state index >= 15 is 0 Å². The van der Waals surface area contributed by atoms with Gasteiger partial charge < -0.3 is 15.5 Å². The van der Waals surface area contributed by atoms with Gasteiger partial charge in [0.25, 0.3) is 0 Å². The summed E-state index contributed by atoms with van der Waals surface area (Å²) in [6, 6.07) is 5.82. The third-order valence-electron chi connectivity index (χ3n) is 6.22. The fourth-order valence-corrected chi connectivity index (χ4v) is 5.70. The monoisotopic (exact) mass is 481 g/mol. The van der Waals surface area contributed by atoms with E-state index in [2.05, 4.69) is 46.4 Å². The van der Waals surface area contributed by atoms with Gasteiger partial charge in [-0.25, -0.2) is 18.4 Å². The molecular formula is C22H32ClN5O3S. The predicted octanol–water partition coefficient (Wildman–Crippen LogP) is 2.73. The minimum atomic E-state index is -3.16. The van der Waals surface area contributed by atoms with Crippen molar-refractivity contribution in [3.8, 4) is 0 Å². The van der Waals surface area contributed by atoms with Crippen LogP contribution in [0.3, 0.4) is 0 Å². The Bertz CT molecular complexity index is 1060. The molecule has 10 heteroatoms. The first-order valence-corrected chi connectivity index (χ1v) is 13.3. The number of benzene rings is 1. The van der Waals surface area contributed by atoms with Crippen LogP contribution in [0.5, 0.6) is 0 Å². The van der Waals surface area contributed by atoms with E-state index in [1.165, 1.54) is 12.6 Å². The summed E-state index contributed by atoms with van der Waals surface area (Å²) in [6.45, 7) is 4.29. The summed E-state index contributed by atoms with van der Waals surface area (Å²) in [7, 11) is -1.08. The summed E-state index contributed by atoms with van der Waals surface area (Å²) in [4.78, 5) is 23.5. The normalized spacial score (nSPS) is 21.8. The Balaban J connectivity index is 1.66. The number of rotatable bonds is 8. The van der Waals surface area contributed by atoms with Crippen molar-refractivity contribution in [1.29, 1.82) is 0 Å². The van der Waals surface area contributed by atoms with Crippen LogP contribution in [0.25, 0.3) is 10.9 Å². The zero-order valence-electron chi connectivity index (χ0n) is 19.0. The second kappa shape index (κ2) is 10.3. The highest BCUT2D eigenvalue weighted by Crippen LogP contribution is 2.30. The molecule has 0 radical (unpaired) electrons. The molecule has 0 bridgehead atoms. The lowest BCUT2D eigenvalue weighted by molar-refractivity contribution is -0.120. The van der Waals surface area contributed by atoms with Gasteiger partial charge in [-0.15, -0.1) is 0 Å². The van der Waals surface area contributed by atoms with Crippen molar-refractivity contribution in [2.75, 3.05) is 30.9 Å². The smallest absolute Gasteiger partial charge is 0.239 e. The number of aromatic nitrogens is 2. The Labute approximate surface area is 195 Å². The Morgan fingerprint density at radius 1 is 1.28 bits per heavy atom. The molecule has 2 N–H and O–H groups in total. The number of hydrogen-bond acceptors (Lipinski definition) is 7. The number of carbonyl (C=O) groups excluding carboxylic acids is 1. The van der Waals surface area contributed by atoms with Crippen molar-refractivity contribution in [3.05, 3.63) is 29.5 Å². The Morgan fingerprint density at radius 3 is 2.72 bits per heavy atom. The SMILES string of the molecule is CC(C)N(C)[C@@H]1CC[C@H](NC(=O)CNc2ncnc3ccc(Cl)cc23)[C@@H](CS(C)(=O)=O)C1. The Morgan fingerprint density at radius 2 is 2.03 bits per heavy atom. The molecule has 3 atom stereocenters. The molecule has 1 aromatic heterocycles. The molecule has 1 aromatic carbocycles. The number of anilines is 1. The highest BCUT2D eigenvalue weighted by Gasteiger charge is 2.35. The van der Waals surface area contributed by atoms with E-state index in [1.807, 2.05) is 0 Å². The Hall–Kier alpha value is -1.97. The average Bonchev–Trinajstić information content (AvgIpc) is 2.71. The molecular weight excluding hydrogens is 450 g/mol. The topological polar surface area (TPSA) is 104 Å². The van der Waals surface area contributed by atoms with Crippen LogP contribution in [0.1, 0.15) is 33.1 Å². The van der Waals surface area contributed by atoms with Crippen LogP contribution < -0.4 is 10.6 Å². The van der Waals surface area contributed by atoms with Crippen molar-refractivity contribution in [1.82, 2.24) is 20.2 Å². The molecule has 0 spiro atoms. The molecule has 1 amide bonds. The number of amides is 1. The van der Waals surface area contributed by atoms with Gasteiger partial charge in [0.2, 0.25) is 5.91 Å². The van der Waals surface area contributed by atoms with E-state index in [4.69, 9.17) is 11.6 Å².